The van der Waals surface area contributed by atoms with Gasteiger partial charge in [0.25, 0.3) is 11.6 Å². The van der Waals surface area contributed by atoms with E-state index in [1.54, 1.807) is 12.1 Å². The number of likely N-dealkylation sites (tertiary alicyclic amines) is 1. The smallest absolute Gasteiger partial charge is 0.293 e. The van der Waals surface area contributed by atoms with Crippen LogP contribution in [0, 0.1) is 16.0 Å². The number of amides is 1. The Hall–Kier alpha value is -2.15. The Balaban J connectivity index is 2.06. The normalized spacial score (nSPS) is 19.2. The molecule has 2 rings (SSSR count). The van der Waals surface area contributed by atoms with Crippen molar-refractivity contribution < 1.29 is 9.72 Å². The minimum absolute atomic E-state index is 0.0212. The molecule has 0 aliphatic carbocycles. The van der Waals surface area contributed by atoms with Gasteiger partial charge in [0.2, 0.25) is 0 Å². The number of benzene rings is 1. The largest absolute Gasteiger partial charge is 0.378 e. The van der Waals surface area contributed by atoms with Gasteiger partial charge in [-0.1, -0.05) is 6.92 Å². The number of carbonyl (C=O) groups excluding carboxylic acids is 1. The van der Waals surface area contributed by atoms with Gasteiger partial charge in [-0.25, -0.2) is 0 Å². The van der Waals surface area contributed by atoms with Crippen LogP contribution in [0.15, 0.2) is 18.2 Å². The van der Waals surface area contributed by atoms with Gasteiger partial charge in [-0.05, 0) is 58.2 Å². The maximum Gasteiger partial charge on any atom is 0.293 e. The predicted octanol–water partition coefficient (Wildman–Crippen LogP) is 3.27. The molecule has 2 unspecified atom stereocenters. The summed E-state index contributed by atoms with van der Waals surface area (Å²) in [5.41, 5.74) is 0.683. The van der Waals surface area contributed by atoms with E-state index in [0.717, 1.165) is 13.1 Å². The Morgan fingerprint density at radius 1 is 1.38 bits per heavy atom. The number of nitro benzene ring substituents is 1. The first-order chi connectivity index (χ1) is 12.3. The van der Waals surface area contributed by atoms with Crippen LogP contribution in [0.4, 0.5) is 11.4 Å². The van der Waals surface area contributed by atoms with E-state index in [1.807, 2.05) is 13.8 Å². The molecule has 0 saturated carbocycles. The Kier molecular flexibility index (Phi) is 6.97. The zero-order valence-electron chi connectivity index (χ0n) is 16.1. The molecule has 1 saturated heterocycles. The number of nitro groups is 1. The minimum Gasteiger partial charge on any atom is -0.378 e. The quantitative estimate of drug-likeness (QED) is 0.574. The number of carbonyl (C=O) groups is 1. The molecule has 1 aliphatic rings. The van der Waals surface area contributed by atoms with E-state index < -0.39 is 4.92 Å². The molecule has 1 aromatic carbocycles. The Labute approximate surface area is 155 Å². The molecule has 1 aromatic rings. The van der Waals surface area contributed by atoms with Gasteiger partial charge in [-0.3, -0.25) is 19.8 Å². The second kappa shape index (κ2) is 8.98. The maximum absolute atomic E-state index is 12.1. The van der Waals surface area contributed by atoms with Crippen molar-refractivity contribution in [1.29, 1.82) is 0 Å². The highest BCUT2D eigenvalue weighted by atomic mass is 16.6. The minimum atomic E-state index is -0.442. The molecule has 1 aliphatic heterocycles. The fourth-order valence-corrected chi connectivity index (χ4v) is 3.33. The van der Waals surface area contributed by atoms with E-state index in [9.17, 15) is 14.9 Å². The number of anilines is 1. The molecule has 0 bridgehead atoms. The zero-order chi connectivity index (χ0) is 19.3. The van der Waals surface area contributed by atoms with Crippen molar-refractivity contribution >= 4 is 17.3 Å². The number of hydrogen-bond acceptors (Lipinski definition) is 5. The molecule has 144 valence electrons. The van der Waals surface area contributed by atoms with E-state index in [2.05, 4.69) is 29.4 Å². The van der Waals surface area contributed by atoms with Crippen LogP contribution in [0.2, 0.25) is 0 Å². The third kappa shape index (κ3) is 5.42. The molecule has 7 heteroatoms. The lowest BCUT2D eigenvalue weighted by molar-refractivity contribution is -0.384. The molecule has 2 atom stereocenters. The summed E-state index contributed by atoms with van der Waals surface area (Å²) in [6, 6.07) is 4.86. The fourth-order valence-electron chi connectivity index (χ4n) is 3.33. The average molecular weight is 362 g/mol. The number of hydrogen-bond donors (Lipinski definition) is 2. The number of nitrogens with one attached hydrogen (secondary N) is 2. The highest BCUT2D eigenvalue weighted by Crippen LogP contribution is 2.26. The molecule has 2 N–H and O–H groups in total. The van der Waals surface area contributed by atoms with Crippen molar-refractivity contribution in [2.45, 2.75) is 52.6 Å². The Morgan fingerprint density at radius 2 is 2.12 bits per heavy atom. The van der Waals surface area contributed by atoms with Crippen LogP contribution in [0.5, 0.6) is 0 Å². The van der Waals surface area contributed by atoms with Crippen LogP contribution in [0.1, 0.15) is 50.9 Å². The van der Waals surface area contributed by atoms with Crippen LogP contribution in [0.25, 0.3) is 0 Å². The van der Waals surface area contributed by atoms with Gasteiger partial charge in [0.15, 0.2) is 0 Å². The van der Waals surface area contributed by atoms with Crippen molar-refractivity contribution in [3.8, 4) is 0 Å². The van der Waals surface area contributed by atoms with Crippen LogP contribution < -0.4 is 10.6 Å². The van der Waals surface area contributed by atoms with Gasteiger partial charge in [-0.15, -0.1) is 0 Å². The molecule has 0 radical (unpaired) electrons. The van der Waals surface area contributed by atoms with E-state index in [-0.39, 0.29) is 17.6 Å². The van der Waals surface area contributed by atoms with Crippen molar-refractivity contribution in [3.05, 3.63) is 33.9 Å². The fraction of sp³-hybridized carbons (Fsp3) is 0.632. The topological polar surface area (TPSA) is 87.5 Å². The molecule has 26 heavy (non-hydrogen) atoms. The molecule has 0 aromatic heterocycles. The highest BCUT2D eigenvalue weighted by molar-refractivity contribution is 5.95. The monoisotopic (exact) mass is 362 g/mol. The summed E-state index contributed by atoms with van der Waals surface area (Å²) in [7, 11) is 0. The predicted molar refractivity (Wildman–Crippen MR) is 104 cm³/mol. The average Bonchev–Trinajstić information content (AvgIpc) is 2.58. The van der Waals surface area contributed by atoms with Crippen molar-refractivity contribution in [2.75, 3.05) is 25.0 Å². The van der Waals surface area contributed by atoms with Crippen molar-refractivity contribution in [2.24, 2.45) is 5.92 Å². The van der Waals surface area contributed by atoms with Gasteiger partial charge in [0, 0.05) is 36.8 Å². The van der Waals surface area contributed by atoms with Crippen LogP contribution >= 0.6 is 0 Å². The lowest BCUT2D eigenvalue weighted by atomic mass is 9.99. The first kappa shape index (κ1) is 20.2. The molecular formula is C19H30N4O3. The van der Waals surface area contributed by atoms with Crippen LogP contribution in [-0.2, 0) is 0 Å². The van der Waals surface area contributed by atoms with Gasteiger partial charge in [-0.2, -0.15) is 0 Å². The second-order valence-electron chi connectivity index (χ2n) is 7.59. The van der Waals surface area contributed by atoms with E-state index in [1.165, 1.54) is 18.9 Å². The second-order valence-corrected chi connectivity index (χ2v) is 7.59. The molecule has 0 spiro atoms. The maximum atomic E-state index is 12.1. The molecule has 7 nitrogen and oxygen atoms in total. The lowest BCUT2D eigenvalue weighted by Gasteiger charge is -2.35. The molecule has 1 amide bonds. The number of rotatable bonds is 7. The van der Waals surface area contributed by atoms with E-state index in [0.29, 0.717) is 29.8 Å². The molecule has 1 fully saturated rings. The summed E-state index contributed by atoms with van der Waals surface area (Å²) in [5.74, 6) is 0.393. The summed E-state index contributed by atoms with van der Waals surface area (Å²) in [4.78, 5) is 25.5. The third-order valence-corrected chi connectivity index (χ3v) is 4.78. The SMILES string of the molecule is CC1CCCN(C(C)CNc2ccc(C(=O)NC(C)C)cc2[N+](=O)[O-])C1. The van der Waals surface area contributed by atoms with Crippen LogP contribution in [0.3, 0.4) is 0 Å². The first-order valence-electron chi connectivity index (χ1n) is 9.35. The van der Waals surface area contributed by atoms with Crippen molar-refractivity contribution in [3.63, 3.8) is 0 Å². The number of piperidine rings is 1. The zero-order valence-corrected chi connectivity index (χ0v) is 16.1. The summed E-state index contributed by atoms with van der Waals surface area (Å²) < 4.78 is 0. The van der Waals surface area contributed by atoms with Gasteiger partial charge in [0.05, 0.1) is 4.92 Å². The highest BCUT2D eigenvalue weighted by Gasteiger charge is 2.22. The summed E-state index contributed by atoms with van der Waals surface area (Å²) in [5, 5.41) is 17.4. The Morgan fingerprint density at radius 3 is 2.73 bits per heavy atom. The molecule has 1 heterocycles. The molecular weight excluding hydrogens is 332 g/mol. The van der Waals surface area contributed by atoms with E-state index >= 15 is 0 Å². The van der Waals surface area contributed by atoms with Gasteiger partial charge >= 0.3 is 0 Å². The summed E-state index contributed by atoms with van der Waals surface area (Å²) >= 11 is 0. The lowest BCUT2D eigenvalue weighted by Crippen LogP contribution is -2.43. The summed E-state index contributed by atoms with van der Waals surface area (Å²) in [6.45, 7) is 10.9. The van der Waals surface area contributed by atoms with Gasteiger partial charge < -0.3 is 10.6 Å². The number of nitrogens with zero attached hydrogens (tertiary/aromatic N) is 2. The van der Waals surface area contributed by atoms with Crippen LogP contribution in [-0.4, -0.2) is 47.4 Å². The van der Waals surface area contributed by atoms with Gasteiger partial charge in [0.1, 0.15) is 5.69 Å². The summed E-state index contributed by atoms with van der Waals surface area (Å²) in [6.07, 6.45) is 2.47. The first-order valence-corrected chi connectivity index (χ1v) is 9.35. The van der Waals surface area contributed by atoms with Crippen molar-refractivity contribution in [1.82, 2.24) is 10.2 Å². The van der Waals surface area contributed by atoms with E-state index in [4.69, 9.17) is 0 Å². The third-order valence-electron chi connectivity index (χ3n) is 4.78. The Bertz CT molecular complexity index is 648. The standard InChI is InChI=1S/C19H30N4O3/c1-13(2)21-19(24)16-7-8-17(18(10-16)23(25)26)20-11-15(4)22-9-5-6-14(3)12-22/h7-8,10,13-15,20H,5-6,9,11-12H2,1-4H3,(H,21,24).